The van der Waals surface area contributed by atoms with E-state index in [9.17, 15) is 0 Å². The molecule has 6 heteroatoms. The van der Waals surface area contributed by atoms with Gasteiger partial charge in [-0.3, -0.25) is 4.98 Å². The van der Waals surface area contributed by atoms with E-state index in [0.29, 0.717) is 11.5 Å². The molecule has 0 N–H and O–H groups in total. The predicted octanol–water partition coefficient (Wildman–Crippen LogP) is 14.9. The number of para-hydroxylation sites is 2. The molecule has 0 spiro atoms. The van der Waals surface area contributed by atoms with Crippen molar-refractivity contribution < 1.29 is 28.6 Å². The second kappa shape index (κ2) is 18.7. The van der Waals surface area contributed by atoms with Crippen LogP contribution in [0.25, 0.3) is 83.6 Å². The van der Waals surface area contributed by atoms with Crippen LogP contribution in [-0.4, -0.2) is 27.8 Å². The molecule has 4 nitrogen and oxygen atoms in total. The van der Waals surface area contributed by atoms with Crippen LogP contribution in [-0.2, 0) is 26.5 Å². The van der Waals surface area contributed by atoms with Crippen molar-refractivity contribution >= 4 is 50.6 Å². The number of hydrogen-bond donors (Lipinski definition) is 0. The number of imidazole rings is 1. The minimum Gasteiger partial charge on any atom is -0.500 e. The molecule has 0 unspecified atom stereocenters. The summed E-state index contributed by atoms with van der Waals surface area (Å²) in [5, 5.41) is 1.95. The van der Waals surface area contributed by atoms with Crippen molar-refractivity contribution in [1.29, 1.82) is 0 Å². The summed E-state index contributed by atoms with van der Waals surface area (Å²) in [6.07, 6.45) is 3.27. The fourth-order valence-corrected chi connectivity index (χ4v) is 12.0. The molecule has 321 valence electrons. The van der Waals surface area contributed by atoms with Gasteiger partial charge in [-0.15, -0.1) is 23.8 Å². The number of fused-ring (bicyclic) bond motifs is 4. The average molecular weight is 1080 g/mol. The van der Waals surface area contributed by atoms with Crippen LogP contribution in [0.4, 0.5) is 0 Å². The van der Waals surface area contributed by atoms with Crippen LogP contribution in [0, 0.1) is 38.8 Å². The standard InChI is InChI=1S/C40H29N2O.C18H24GeN.Ir/c1-25-13-15-29(16-14-25)30-17-19-37-33(23-30)34-24-31(18-20-38(34)43-37)40-41-35-11-7-8-12-36(35)42(40)39-26(2)21-32(22-27(39)3)28-9-5-4-6-10-28;1-14(2)11-16-12-18(15-9-7-6-8-10-15)20-13-17(16)19(3,4)5;/h4-17,19-24H,1-3H3;6-9,12-14H,11H2,1-5H3;/q2*-1;/i1D3;;. The minimum atomic E-state index is -2.13. The van der Waals surface area contributed by atoms with Crippen molar-refractivity contribution in [3.05, 3.63) is 192 Å². The van der Waals surface area contributed by atoms with Gasteiger partial charge in [0.1, 0.15) is 5.58 Å². The first-order chi connectivity index (χ1) is 31.6. The number of rotatable bonds is 8. The summed E-state index contributed by atoms with van der Waals surface area (Å²) in [5.74, 6) is 8.81. The van der Waals surface area contributed by atoms with Gasteiger partial charge in [0.2, 0.25) is 0 Å². The van der Waals surface area contributed by atoms with Gasteiger partial charge in [0, 0.05) is 35.3 Å². The number of benzene rings is 7. The Hall–Kier alpha value is -5.85. The Balaban J connectivity index is 0.000000244. The molecule has 0 aliphatic carbocycles. The summed E-state index contributed by atoms with van der Waals surface area (Å²) >= 11 is -1.86. The summed E-state index contributed by atoms with van der Waals surface area (Å²) in [6, 6.07) is 57.5. The SMILES string of the molecule is CC(C)Cc1cc(-c2[c-]cccc2)nc[c]1[Ge]([CH3])([CH3])[CH3].[2H]C([2H])([2H])c1ccc(-c2ccc3oc4c[c-]c(-c5nc6ccccc6n5-c5c(C)cc(-c6ccccc6)cc5C)cc4c3c2)cc1.[Ir]. The van der Waals surface area contributed by atoms with Crippen LogP contribution in [0.1, 0.15) is 40.2 Å². The fraction of sp³-hybridized carbons (Fsp3) is 0.172. The second-order valence-electron chi connectivity index (χ2n) is 18.0. The topological polar surface area (TPSA) is 43.9 Å². The molecular formula is C58H53GeIrN3O-2. The van der Waals surface area contributed by atoms with E-state index < -0.39 is 20.1 Å². The summed E-state index contributed by atoms with van der Waals surface area (Å²) in [5.41, 5.74) is 16.0. The van der Waals surface area contributed by atoms with Gasteiger partial charge in [-0.05, 0) is 90.5 Å². The van der Waals surface area contributed by atoms with E-state index in [-0.39, 0.29) is 20.1 Å². The molecule has 0 aliphatic rings. The molecule has 0 amide bonds. The van der Waals surface area contributed by atoms with Gasteiger partial charge < -0.3 is 8.98 Å². The first-order valence-electron chi connectivity index (χ1n) is 23.2. The van der Waals surface area contributed by atoms with Gasteiger partial charge in [0.05, 0.1) is 22.4 Å². The third-order valence-corrected chi connectivity index (χ3v) is 16.0. The van der Waals surface area contributed by atoms with E-state index >= 15 is 0 Å². The number of hydrogen-bond acceptors (Lipinski definition) is 3. The normalized spacial score (nSPS) is 12.4. The zero-order valence-corrected chi connectivity index (χ0v) is 41.9. The Kier molecular flexibility index (Phi) is 12.0. The summed E-state index contributed by atoms with van der Waals surface area (Å²) < 4.78 is 33.1. The van der Waals surface area contributed by atoms with Gasteiger partial charge in [0.15, 0.2) is 0 Å². The molecule has 0 bridgehead atoms. The smallest absolute Gasteiger partial charge is 0.121 e. The van der Waals surface area contributed by atoms with E-state index in [0.717, 1.165) is 90.0 Å². The molecule has 0 saturated carbocycles. The third kappa shape index (κ3) is 9.21. The third-order valence-electron chi connectivity index (χ3n) is 11.7. The molecule has 3 heterocycles. The summed E-state index contributed by atoms with van der Waals surface area (Å²) in [4.78, 5) is 9.84. The first kappa shape index (κ1) is 40.9. The summed E-state index contributed by atoms with van der Waals surface area (Å²) in [6.45, 7) is 6.77. The Labute approximate surface area is 398 Å². The fourth-order valence-electron chi connectivity index (χ4n) is 8.71. The molecule has 64 heavy (non-hydrogen) atoms. The minimum absolute atomic E-state index is 0. The maximum atomic E-state index is 7.70. The second-order valence-corrected chi connectivity index (χ2v) is 28.5. The van der Waals surface area contributed by atoms with E-state index in [1.807, 2.05) is 66.7 Å². The van der Waals surface area contributed by atoms with Crippen molar-refractivity contribution in [2.75, 3.05) is 0 Å². The zero-order valence-electron chi connectivity index (χ0n) is 40.4. The number of nitrogens with zero attached hydrogens (tertiary/aromatic N) is 3. The average Bonchev–Trinajstić information content (AvgIpc) is 3.87. The van der Waals surface area contributed by atoms with Crippen LogP contribution < -0.4 is 4.40 Å². The van der Waals surface area contributed by atoms with Crippen LogP contribution in [0.5, 0.6) is 0 Å². The molecule has 10 aromatic rings. The van der Waals surface area contributed by atoms with Crippen LogP contribution in [0.2, 0.25) is 17.3 Å². The molecule has 0 aliphatic heterocycles. The molecule has 0 fully saturated rings. The Bertz CT molecular complexity index is 3330. The number of aryl methyl sites for hydroxylation is 3. The van der Waals surface area contributed by atoms with Crippen LogP contribution in [0.15, 0.2) is 162 Å². The number of furan rings is 1. The largest absolute Gasteiger partial charge is 0.500 e. The zero-order chi connectivity index (χ0) is 46.3. The van der Waals surface area contributed by atoms with Gasteiger partial charge in [-0.25, -0.2) is 0 Å². The van der Waals surface area contributed by atoms with Crippen molar-refractivity contribution in [2.24, 2.45) is 5.92 Å². The quantitative estimate of drug-likeness (QED) is 0.112. The predicted molar refractivity (Wildman–Crippen MR) is 268 cm³/mol. The molecule has 7 aromatic carbocycles. The van der Waals surface area contributed by atoms with E-state index in [4.69, 9.17) is 18.5 Å². The van der Waals surface area contributed by atoms with Crippen LogP contribution in [0.3, 0.4) is 0 Å². The van der Waals surface area contributed by atoms with Crippen molar-refractivity contribution in [3.8, 4) is 50.6 Å². The molecule has 0 atom stereocenters. The first-order valence-corrected chi connectivity index (χ1v) is 29.1. The van der Waals surface area contributed by atoms with Crippen molar-refractivity contribution in [3.63, 3.8) is 0 Å². The molecular weight excluding hydrogens is 1020 g/mol. The maximum absolute atomic E-state index is 7.70. The van der Waals surface area contributed by atoms with E-state index in [1.54, 1.807) is 16.5 Å². The molecule has 1 radical (unpaired) electrons. The monoisotopic (exact) mass is 1080 g/mol. The Morgan fingerprint density at radius 3 is 2.08 bits per heavy atom. The van der Waals surface area contributed by atoms with Gasteiger partial charge in [-0.1, -0.05) is 83.7 Å². The number of pyridine rings is 1. The van der Waals surface area contributed by atoms with Crippen molar-refractivity contribution in [2.45, 2.75) is 58.2 Å². The number of aromatic nitrogens is 3. The van der Waals surface area contributed by atoms with Crippen LogP contribution >= 0.6 is 0 Å². The van der Waals surface area contributed by atoms with Gasteiger partial charge in [-0.2, -0.15) is 0 Å². The Morgan fingerprint density at radius 1 is 0.688 bits per heavy atom. The molecule has 10 rings (SSSR count). The Morgan fingerprint density at radius 2 is 1.38 bits per heavy atom. The maximum Gasteiger partial charge on any atom is 0.121 e. The van der Waals surface area contributed by atoms with E-state index in [2.05, 4.69) is 141 Å². The van der Waals surface area contributed by atoms with Gasteiger partial charge in [0.25, 0.3) is 0 Å². The van der Waals surface area contributed by atoms with Gasteiger partial charge >= 0.3 is 126 Å². The van der Waals surface area contributed by atoms with E-state index in [1.165, 1.54) is 16.7 Å². The molecule has 3 aromatic heterocycles. The molecule has 0 saturated heterocycles. The summed E-state index contributed by atoms with van der Waals surface area (Å²) in [7, 11) is 0. The van der Waals surface area contributed by atoms with Crippen molar-refractivity contribution in [1.82, 2.24) is 14.5 Å².